The molecule has 0 unspecified atom stereocenters. The van der Waals surface area contributed by atoms with Gasteiger partial charge in [0.1, 0.15) is 11.8 Å². The van der Waals surface area contributed by atoms with Crippen molar-refractivity contribution in [1.82, 2.24) is 15.5 Å². The molecule has 24 heavy (non-hydrogen) atoms. The summed E-state index contributed by atoms with van der Waals surface area (Å²) in [5.74, 6) is 0.495. The van der Waals surface area contributed by atoms with E-state index in [1.807, 2.05) is 19.1 Å². The number of urea groups is 1. The average molecular weight is 329 g/mol. The maximum absolute atomic E-state index is 11.9. The number of carbonyl (C=O) groups is 1. The van der Waals surface area contributed by atoms with Crippen LogP contribution < -0.4 is 15.4 Å². The van der Waals surface area contributed by atoms with Crippen molar-refractivity contribution in [3.05, 3.63) is 41.2 Å². The van der Waals surface area contributed by atoms with Crippen LogP contribution in [0.5, 0.6) is 5.75 Å². The van der Waals surface area contributed by atoms with Gasteiger partial charge in [0, 0.05) is 12.8 Å². The van der Waals surface area contributed by atoms with Crippen molar-refractivity contribution in [1.29, 1.82) is 5.26 Å². The van der Waals surface area contributed by atoms with Crippen LogP contribution >= 0.6 is 0 Å². The first kappa shape index (κ1) is 17.3. The molecular weight excluding hydrogens is 310 g/mol. The fraction of sp³-hybridized carbons (Fsp3) is 0.312. The van der Waals surface area contributed by atoms with Crippen molar-refractivity contribution < 1.29 is 14.3 Å². The van der Waals surface area contributed by atoms with E-state index in [1.54, 1.807) is 25.3 Å². The fourth-order valence-corrected chi connectivity index (χ4v) is 2.05. The third kappa shape index (κ3) is 4.72. The lowest BCUT2D eigenvalue weighted by Crippen LogP contribution is -2.28. The highest BCUT2D eigenvalue weighted by Gasteiger charge is 2.08. The normalized spacial score (nSPS) is 10.0. The zero-order valence-electron chi connectivity index (χ0n) is 13.5. The van der Waals surface area contributed by atoms with E-state index in [2.05, 4.69) is 20.8 Å². The fourth-order valence-electron chi connectivity index (χ4n) is 2.05. The van der Waals surface area contributed by atoms with Gasteiger partial charge in [0.15, 0.2) is 0 Å². The summed E-state index contributed by atoms with van der Waals surface area (Å²) in [6.45, 7) is 3.02. The van der Waals surface area contributed by atoms with E-state index in [4.69, 9.17) is 14.7 Å². The van der Waals surface area contributed by atoms with E-state index in [0.717, 1.165) is 11.4 Å². The number of carbonyl (C=O) groups excluding carboxylic acids is 1. The van der Waals surface area contributed by atoms with Gasteiger partial charge in [-0.05, 0) is 31.2 Å². The van der Waals surface area contributed by atoms with Crippen molar-refractivity contribution in [3.8, 4) is 11.8 Å². The maximum Gasteiger partial charge on any atom is 0.319 e. The van der Waals surface area contributed by atoms with Crippen molar-refractivity contribution in [2.75, 3.05) is 19.0 Å². The highest BCUT2D eigenvalue weighted by atomic mass is 16.5. The van der Waals surface area contributed by atoms with Gasteiger partial charge in [-0.15, -0.1) is 0 Å². The number of H-pyrrole nitrogens is 1. The van der Waals surface area contributed by atoms with Crippen LogP contribution in [0, 0.1) is 11.3 Å². The maximum atomic E-state index is 11.9. The van der Waals surface area contributed by atoms with Gasteiger partial charge in [-0.3, -0.25) is 5.10 Å². The van der Waals surface area contributed by atoms with E-state index in [-0.39, 0.29) is 6.03 Å². The molecule has 8 heteroatoms. The number of benzene rings is 1. The van der Waals surface area contributed by atoms with E-state index in [1.165, 1.54) is 0 Å². The number of methoxy groups -OCH3 is 1. The van der Waals surface area contributed by atoms with Gasteiger partial charge in [-0.2, -0.15) is 10.4 Å². The van der Waals surface area contributed by atoms with Crippen molar-refractivity contribution in [2.24, 2.45) is 0 Å². The molecule has 0 bridgehead atoms. The number of rotatable bonds is 7. The molecule has 0 radical (unpaired) electrons. The van der Waals surface area contributed by atoms with Crippen molar-refractivity contribution >= 4 is 11.7 Å². The van der Waals surface area contributed by atoms with Crippen LogP contribution in [0.25, 0.3) is 0 Å². The Morgan fingerprint density at radius 3 is 2.96 bits per heavy atom. The summed E-state index contributed by atoms with van der Waals surface area (Å²) in [5, 5.41) is 21.4. The molecule has 0 fully saturated rings. The predicted octanol–water partition coefficient (Wildman–Crippen LogP) is 2.15. The van der Waals surface area contributed by atoms with Crippen LogP contribution in [-0.4, -0.2) is 29.9 Å². The summed E-state index contributed by atoms with van der Waals surface area (Å²) in [6.07, 6.45) is 0. The van der Waals surface area contributed by atoms with E-state index < -0.39 is 0 Å². The molecule has 0 atom stereocenters. The van der Waals surface area contributed by atoms with Crippen LogP contribution in [0.4, 0.5) is 10.5 Å². The van der Waals surface area contributed by atoms with Crippen molar-refractivity contribution in [3.63, 3.8) is 0 Å². The molecule has 0 saturated carbocycles. The van der Waals surface area contributed by atoms with Gasteiger partial charge in [0.25, 0.3) is 0 Å². The molecule has 1 heterocycles. The highest BCUT2D eigenvalue weighted by molar-refractivity contribution is 5.89. The minimum absolute atomic E-state index is 0.296. The lowest BCUT2D eigenvalue weighted by Gasteiger charge is -2.09. The topological polar surface area (TPSA) is 112 Å². The molecule has 2 rings (SSSR count). The summed E-state index contributed by atoms with van der Waals surface area (Å²) in [4.78, 5) is 11.9. The molecule has 0 aliphatic heterocycles. The molecule has 126 valence electrons. The number of hydrogen-bond acceptors (Lipinski definition) is 5. The predicted molar refractivity (Wildman–Crippen MR) is 87.5 cm³/mol. The average Bonchev–Trinajstić information content (AvgIpc) is 3.02. The molecule has 1 aromatic heterocycles. The van der Waals surface area contributed by atoms with E-state index >= 15 is 0 Å². The Kier molecular flexibility index (Phi) is 6.16. The molecule has 0 aliphatic rings. The largest absolute Gasteiger partial charge is 0.492 e. The number of ether oxygens (including phenoxy) is 2. The number of hydrogen-bond donors (Lipinski definition) is 3. The SMILES string of the molecule is CCOc1ccc(NC(=O)NCc2cc(COC)n[nH]2)cc1C#N. The molecule has 0 saturated heterocycles. The molecule has 3 N–H and O–H groups in total. The molecular formula is C16H19N5O3. The van der Waals surface area contributed by atoms with Gasteiger partial charge in [-0.1, -0.05) is 0 Å². The third-order valence-corrected chi connectivity index (χ3v) is 3.07. The molecule has 2 aromatic rings. The van der Waals surface area contributed by atoms with Gasteiger partial charge < -0.3 is 20.1 Å². The lowest BCUT2D eigenvalue weighted by molar-refractivity contribution is 0.181. The molecule has 0 aliphatic carbocycles. The summed E-state index contributed by atoms with van der Waals surface area (Å²) in [7, 11) is 1.59. The molecule has 1 aromatic carbocycles. The number of aromatic amines is 1. The number of nitriles is 1. The van der Waals surface area contributed by atoms with Gasteiger partial charge in [0.05, 0.1) is 36.7 Å². The highest BCUT2D eigenvalue weighted by Crippen LogP contribution is 2.22. The monoisotopic (exact) mass is 329 g/mol. The molecule has 8 nitrogen and oxygen atoms in total. The summed E-state index contributed by atoms with van der Waals surface area (Å²) in [6, 6.07) is 8.38. The summed E-state index contributed by atoms with van der Waals surface area (Å²) >= 11 is 0. The van der Waals surface area contributed by atoms with Crippen LogP contribution in [0.1, 0.15) is 23.9 Å². The van der Waals surface area contributed by atoms with E-state index in [9.17, 15) is 4.79 Å². The Morgan fingerprint density at radius 1 is 1.42 bits per heavy atom. The van der Waals surface area contributed by atoms with Crippen molar-refractivity contribution in [2.45, 2.75) is 20.1 Å². The van der Waals surface area contributed by atoms with Gasteiger partial charge in [-0.25, -0.2) is 4.79 Å². The zero-order chi connectivity index (χ0) is 17.4. The van der Waals surface area contributed by atoms with Gasteiger partial charge >= 0.3 is 6.03 Å². The minimum atomic E-state index is -0.383. The molecule has 2 amide bonds. The smallest absolute Gasteiger partial charge is 0.319 e. The van der Waals surface area contributed by atoms with Crippen LogP contribution in [0.3, 0.4) is 0 Å². The first-order valence-electron chi connectivity index (χ1n) is 7.40. The Labute approximate surface area is 139 Å². The minimum Gasteiger partial charge on any atom is -0.492 e. The van der Waals surface area contributed by atoms with Crippen LogP contribution in [0.2, 0.25) is 0 Å². The quantitative estimate of drug-likeness (QED) is 0.720. The number of aromatic nitrogens is 2. The first-order valence-corrected chi connectivity index (χ1v) is 7.40. The Bertz CT molecular complexity index is 736. The van der Waals surface area contributed by atoms with Crippen LogP contribution in [0.15, 0.2) is 24.3 Å². The third-order valence-electron chi connectivity index (χ3n) is 3.07. The second kappa shape index (κ2) is 8.55. The number of nitrogens with one attached hydrogen (secondary N) is 3. The summed E-state index contributed by atoms with van der Waals surface area (Å²) in [5.41, 5.74) is 2.41. The van der Waals surface area contributed by atoms with Crippen LogP contribution in [-0.2, 0) is 17.9 Å². The standard InChI is InChI=1S/C16H19N5O3/c1-3-24-15-5-4-12(6-11(15)8-17)19-16(22)18-9-13-7-14(10-23-2)21-20-13/h4-7H,3,9-10H2,1-2H3,(H,20,21)(H2,18,19,22). The number of anilines is 1. The molecule has 0 spiro atoms. The second-order valence-corrected chi connectivity index (χ2v) is 4.88. The Hall–Kier alpha value is -3.05. The van der Waals surface area contributed by atoms with E-state index in [0.29, 0.717) is 36.8 Å². The first-order chi connectivity index (χ1) is 11.7. The lowest BCUT2D eigenvalue weighted by atomic mass is 10.2. The number of nitrogens with zero attached hydrogens (tertiary/aromatic N) is 2. The Morgan fingerprint density at radius 2 is 2.25 bits per heavy atom. The number of amides is 2. The summed E-state index contributed by atoms with van der Waals surface area (Å²) < 4.78 is 10.3. The van der Waals surface area contributed by atoms with Gasteiger partial charge in [0.2, 0.25) is 0 Å². The zero-order valence-corrected chi connectivity index (χ0v) is 13.5. The Balaban J connectivity index is 1.90. The second-order valence-electron chi connectivity index (χ2n) is 4.88.